The van der Waals surface area contributed by atoms with Crippen LogP contribution in [-0.4, -0.2) is 43.2 Å². The third-order valence-electron chi connectivity index (χ3n) is 5.69. The van der Waals surface area contributed by atoms with Gasteiger partial charge in [-0.25, -0.2) is 9.67 Å². The predicted octanol–water partition coefficient (Wildman–Crippen LogP) is 2.75. The minimum Gasteiger partial charge on any atom is -0.337 e. The Morgan fingerprint density at radius 3 is 2.47 bits per heavy atom. The maximum absolute atomic E-state index is 13.4. The number of hydrogen-bond acceptors (Lipinski definition) is 4. The fraction of sp³-hybridized carbons (Fsp3) is 0.217. The zero-order valence-corrected chi connectivity index (χ0v) is 16.6. The van der Waals surface area contributed by atoms with E-state index in [2.05, 4.69) is 22.2 Å². The summed E-state index contributed by atoms with van der Waals surface area (Å²) in [7, 11) is 1.64. The van der Waals surface area contributed by atoms with Crippen LogP contribution < -0.4 is 5.56 Å². The highest BCUT2D eigenvalue weighted by Gasteiger charge is 2.31. The number of benzene rings is 2. The molecule has 2 aromatic carbocycles. The van der Waals surface area contributed by atoms with Crippen LogP contribution in [0.4, 0.5) is 0 Å². The van der Waals surface area contributed by atoms with E-state index in [1.54, 1.807) is 7.05 Å². The summed E-state index contributed by atoms with van der Waals surface area (Å²) in [6.07, 6.45) is 2.34. The van der Waals surface area contributed by atoms with Crippen molar-refractivity contribution in [2.24, 2.45) is 7.05 Å². The molecule has 3 heterocycles. The van der Waals surface area contributed by atoms with Gasteiger partial charge in [-0.05, 0) is 24.1 Å². The fourth-order valence-corrected chi connectivity index (χ4v) is 4.08. The number of amides is 1. The van der Waals surface area contributed by atoms with Crippen molar-refractivity contribution >= 4 is 16.9 Å². The lowest BCUT2D eigenvalue weighted by Gasteiger charge is -2.15. The van der Waals surface area contributed by atoms with Crippen LogP contribution in [0, 0.1) is 0 Å². The first-order valence-electron chi connectivity index (χ1n) is 9.97. The van der Waals surface area contributed by atoms with Crippen molar-refractivity contribution in [3.05, 3.63) is 88.6 Å². The Morgan fingerprint density at radius 1 is 1.03 bits per heavy atom. The molecule has 1 atom stereocenters. The van der Waals surface area contributed by atoms with Gasteiger partial charge in [-0.3, -0.25) is 9.59 Å². The van der Waals surface area contributed by atoms with Gasteiger partial charge in [-0.15, -0.1) is 0 Å². The molecular formula is C23H21N5O2. The van der Waals surface area contributed by atoms with Crippen LogP contribution in [0.2, 0.25) is 0 Å². The summed E-state index contributed by atoms with van der Waals surface area (Å²) < 4.78 is 2.93. The molecule has 2 aromatic heterocycles. The molecule has 0 N–H and O–H groups in total. The van der Waals surface area contributed by atoms with Crippen molar-refractivity contribution in [2.45, 2.75) is 12.3 Å². The number of fused-ring (bicyclic) bond motifs is 1. The zero-order valence-electron chi connectivity index (χ0n) is 16.6. The predicted molar refractivity (Wildman–Crippen MR) is 114 cm³/mol. The Hall–Kier alpha value is -3.74. The first kappa shape index (κ1) is 18.3. The number of likely N-dealkylation sites (tertiary alicyclic amines) is 1. The number of rotatable bonds is 3. The molecule has 1 fully saturated rings. The van der Waals surface area contributed by atoms with E-state index in [-0.39, 0.29) is 17.2 Å². The van der Waals surface area contributed by atoms with Crippen LogP contribution in [0.15, 0.2) is 71.8 Å². The van der Waals surface area contributed by atoms with Crippen LogP contribution in [-0.2, 0) is 7.05 Å². The molecule has 0 bridgehead atoms. The van der Waals surface area contributed by atoms with Crippen LogP contribution in [0.25, 0.3) is 16.7 Å². The summed E-state index contributed by atoms with van der Waals surface area (Å²) in [5.74, 6) is 0.118. The molecule has 7 nitrogen and oxygen atoms in total. The van der Waals surface area contributed by atoms with Gasteiger partial charge in [0, 0.05) is 26.1 Å². The molecule has 0 radical (unpaired) electrons. The molecule has 0 saturated carbocycles. The van der Waals surface area contributed by atoms with Gasteiger partial charge in [0.05, 0.1) is 12.0 Å². The van der Waals surface area contributed by atoms with E-state index in [1.807, 2.05) is 53.4 Å². The van der Waals surface area contributed by atoms with Gasteiger partial charge in [0.25, 0.3) is 11.5 Å². The molecule has 1 unspecified atom stereocenters. The molecule has 30 heavy (non-hydrogen) atoms. The summed E-state index contributed by atoms with van der Waals surface area (Å²) in [4.78, 5) is 32.4. The maximum atomic E-state index is 13.4. The second-order valence-corrected chi connectivity index (χ2v) is 7.60. The van der Waals surface area contributed by atoms with Gasteiger partial charge in [0.1, 0.15) is 5.52 Å². The number of aryl methyl sites for hydroxylation is 1. The number of carbonyl (C=O) groups is 1. The molecule has 1 aliphatic heterocycles. The van der Waals surface area contributed by atoms with Crippen molar-refractivity contribution in [2.75, 3.05) is 13.1 Å². The van der Waals surface area contributed by atoms with E-state index < -0.39 is 0 Å². The second-order valence-electron chi connectivity index (χ2n) is 7.60. The SMILES string of the molecule is Cn1cnc2c(C(=O)N3CCC(c4ccccc4)C3)nn(-c3ccccc3)c2c1=O. The Balaban J connectivity index is 1.56. The summed E-state index contributed by atoms with van der Waals surface area (Å²) in [6, 6.07) is 19.6. The number of nitrogens with zero attached hydrogens (tertiary/aromatic N) is 5. The van der Waals surface area contributed by atoms with Crippen molar-refractivity contribution < 1.29 is 4.79 Å². The summed E-state index contributed by atoms with van der Waals surface area (Å²) in [5.41, 5.74) is 2.59. The highest BCUT2D eigenvalue weighted by molar-refractivity contribution is 6.03. The van der Waals surface area contributed by atoms with Crippen LogP contribution in [0.3, 0.4) is 0 Å². The van der Waals surface area contributed by atoms with E-state index in [0.717, 1.165) is 12.1 Å². The lowest BCUT2D eigenvalue weighted by molar-refractivity contribution is 0.0786. The van der Waals surface area contributed by atoms with E-state index in [0.29, 0.717) is 30.0 Å². The summed E-state index contributed by atoms with van der Waals surface area (Å²) in [5, 5.41) is 4.55. The Kier molecular flexibility index (Phi) is 4.43. The molecule has 7 heteroatoms. The number of carbonyl (C=O) groups excluding carboxylic acids is 1. The lowest BCUT2D eigenvalue weighted by atomic mass is 9.99. The van der Waals surface area contributed by atoms with Crippen molar-refractivity contribution in [1.82, 2.24) is 24.2 Å². The molecule has 150 valence electrons. The van der Waals surface area contributed by atoms with Gasteiger partial charge < -0.3 is 9.47 Å². The third-order valence-corrected chi connectivity index (χ3v) is 5.69. The first-order chi connectivity index (χ1) is 14.6. The zero-order chi connectivity index (χ0) is 20.7. The minimum atomic E-state index is -0.237. The third kappa shape index (κ3) is 2.99. The quantitative estimate of drug-likeness (QED) is 0.531. The molecule has 5 rings (SSSR count). The molecule has 1 saturated heterocycles. The minimum absolute atomic E-state index is 0.186. The van der Waals surface area contributed by atoms with E-state index in [1.165, 1.54) is 21.1 Å². The monoisotopic (exact) mass is 399 g/mol. The number of aromatic nitrogens is 4. The van der Waals surface area contributed by atoms with Crippen molar-refractivity contribution in [3.63, 3.8) is 0 Å². The molecular weight excluding hydrogens is 378 g/mol. The van der Waals surface area contributed by atoms with Crippen molar-refractivity contribution in [1.29, 1.82) is 0 Å². The normalized spacial score (nSPS) is 16.3. The molecule has 4 aromatic rings. The van der Waals surface area contributed by atoms with Gasteiger partial charge in [0.2, 0.25) is 0 Å². The molecule has 0 spiro atoms. The molecule has 0 aliphatic carbocycles. The first-order valence-corrected chi connectivity index (χ1v) is 9.97. The van der Waals surface area contributed by atoms with Crippen molar-refractivity contribution in [3.8, 4) is 5.69 Å². The second kappa shape index (κ2) is 7.26. The topological polar surface area (TPSA) is 73.0 Å². The van der Waals surface area contributed by atoms with Crippen LogP contribution >= 0.6 is 0 Å². The van der Waals surface area contributed by atoms with Crippen LogP contribution in [0.5, 0.6) is 0 Å². The van der Waals surface area contributed by atoms with Gasteiger partial charge >= 0.3 is 0 Å². The van der Waals surface area contributed by atoms with E-state index in [4.69, 9.17) is 0 Å². The van der Waals surface area contributed by atoms with Crippen LogP contribution in [0.1, 0.15) is 28.4 Å². The largest absolute Gasteiger partial charge is 0.337 e. The maximum Gasteiger partial charge on any atom is 0.279 e. The highest BCUT2D eigenvalue weighted by atomic mass is 16.2. The smallest absolute Gasteiger partial charge is 0.279 e. The Morgan fingerprint density at radius 2 is 1.73 bits per heavy atom. The lowest BCUT2D eigenvalue weighted by Crippen LogP contribution is -2.29. The summed E-state index contributed by atoms with van der Waals surface area (Å²) in [6.45, 7) is 1.29. The Bertz CT molecular complexity index is 1280. The fourth-order valence-electron chi connectivity index (χ4n) is 4.08. The van der Waals surface area contributed by atoms with E-state index in [9.17, 15) is 9.59 Å². The molecule has 1 aliphatic rings. The van der Waals surface area contributed by atoms with Gasteiger partial charge in [-0.1, -0.05) is 48.5 Å². The van der Waals surface area contributed by atoms with Gasteiger partial charge in [-0.2, -0.15) is 5.10 Å². The Labute approximate surface area is 173 Å². The van der Waals surface area contributed by atoms with E-state index >= 15 is 0 Å². The van der Waals surface area contributed by atoms with Gasteiger partial charge in [0.15, 0.2) is 11.2 Å². The number of hydrogen-bond donors (Lipinski definition) is 0. The standard InChI is InChI=1S/C23H21N5O2/c1-26-15-24-19-20(25-28(21(19)23(26)30)18-10-6-3-7-11-18)22(29)27-13-12-17(14-27)16-8-4-2-5-9-16/h2-11,15,17H,12-14H2,1H3. The average Bonchev–Trinajstić information content (AvgIpc) is 3.43. The average molecular weight is 399 g/mol. The highest BCUT2D eigenvalue weighted by Crippen LogP contribution is 2.29. The molecule has 1 amide bonds. The summed E-state index contributed by atoms with van der Waals surface area (Å²) >= 11 is 0. The number of para-hydroxylation sites is 1.